The lowest BCUT2D eigenvalue weighted by Gasteiger charge is -2.20. The van der Waals surface area contributed by atoms with E-state index in [1.165, 1.54) is 26.0 Å². The molecule has 3 rings (SSSR count). The van der Waals surface area contributed by atoms with E-state index in [-0.39, 0.29) is 23.1 Å². The van der Waals surface area contributed by atoms with E-state index < -0.39 is 0 Å². The molecule has 0 N–H and O–H groups in total. The molecule has 1 heterocycles. The van der Waals surface area contributed by atoms with Gasteiger partial charge in [0.1, 0.15) is 0 Å². The van der Waals surface area contributed by atoms with Gasteiger partial charge in [-0.15, -0.1) is 0 Å². The summed E-state index contributed by atoms with van der Waals surface area (Å²) in [5.74, 6) is -0.823. The van der Waals surface area contributed by atoms with Gasteiger partial charge in [0, 0.05) is 27.7 Å². The van der Waals surface area contributed by atoms with Crippen LogP contribution in [0.25, 0.3) is 0 Å². The summed E-state index contributed by atoms with van der Waals surface area (Å²) in [6.07, 6.45) is 3.35. The van der Waals surface area contributed by atoms with Crippen molar-refractivity contribution in [3.05, 3.63) is 65.4 Å². The monoisotopic (exact) mass is 327 g/mol. The van der Waals surface area contributed by atoms with Crippen molar-refractivity contribution < 1.29 is 19.1 Å². The first-order valence-electron chi connectivity index (χ1n) is 6.80. The third-order valence-corrected chi connectivity index (χ3v) is 4.47. The van der Waals surface area contributed by atoms with Gasteiger partial charge in [-0.05, 0) is 18.2 Å². The molecule has 116 valence electrons. The standard InChI is InChI=1S/C17H13NO4S/c1-21-16-14(19)11-4-3-5-12(13(11)15(20)17(16)22-2)23-10-6-8-18-9-7-10/h3-9H,1-2H3. The maximum atomic E-state index is 12.7. The third-order valence-electron chi connectivity index (χ3n) is 3.40. The van der Waals surface area contributed by atoms with Crippen LogP contribution in [0.3, 0.4) is 0 Å². The molecule has 6 heteroatoms. The number of ketones is 2. The Bertz CT molecular complexity index is 815. The van der Waals surface area contributed by atoms with E-state index >= 15 is 0 Å². The van der Waals surface area contributed by atoms with Gasteiger partial charge in [-0.1, -0.05) is 23.9 Å². The summed E-state index contributed by atoms with van der Waals surface area (Å²) < 4.78 is 10.2. The van der Waals surface area contributed by atoms with Crippen LogP contribution >= 0.6 is 11.8 Å². The van der Waals surface area contributed by atoms with Gasteiger partial charge < -0.3 is 9.47 Å². The Morgan fingerprint density at radius 2 is 1.57 bits per heavy atom. The fourth-order valence-corrected chi connectivity index (χ4v) is 3.35. The van der Waals surface area contributed by atoms with Gasteiger partial charge in [0.15, 0.2) is 0 Å². The van der Waals surface area contributed by atoms with Crippen LogP contribution in [0.2, 0.25) is 0 Å². The average Bonchev–Trinajstić information content (AvgIpc) is 2.58. The van der Waals surface area contributed by atoms with E-state index in [4.69, 9.17) is 9.47 Å². The van der Waals surface area contributed by atoms with Crippen molar-refractivity contribution in [1.29, 1.82) is 0 Å². The number of hydrogen-bond acceptors (Lipinski definition) is 6. The van der Waals surface area contributed by atoms with Crippen molar-refractivity contribution in [1.82, 2.24) is 4.98 Å². The second-order valence-electron chi connectivity index (χ2n) is 4.69. The largest absolute Gasteiger partial charge is 0.489 e. The molecule has 0 saturated carbocycles. The highest BCUT2D eigenvalue weighted by molar-refractivity contribution is 7.99. The van der Waals surface area contributed by atoms with Crippen molar-refractivity contribution in [2.24, 2.45) is 0 Å². The van der Waals surface area contributed by atoms with E-state index in [0.717, 1.165) is 4.90 Å². The minimum absolute atomic E-state index is 0.0592. The summed E-state index contributed by atoms with van der Waals surface area (Å²) in [4.78, 5) is 30.9. The smallest absolute Gasteiger partial charge is 0.233 e. The normalized spacial score (nSPS) is 13.8. The summed E-state index contributed by atoms with van der Waals surface area (Å²) >= 11 is 1.40. The highest BCUT2D eigenvalue weighted by atomic mass is 32.2. The molecular formula is C17H13NO4S. The van der Waals surface area contributed by atoms with Crippen LogP contribution < -0.4 is 0 Å². The van der Waals surface area contributed by atoms with Gasteiger partial charge in [0.2, 0.25) is 23.1 Å². The molecule has 0 fully saturated rings. The number of pyridine rings is 1. The van der Waals surface area contributed by atoms with Crippen LogP contribution in [0.5, 0.6) is 0 Å². The number of fused-ring (bicyclic) bond motifs is 1. The summed E-state index contributed by atoms with van der Waals surface area (Å²) in [7, 11) is 2.70. The maximum Gasteiger partial charge on any atom is 0.233 e. The minimum Gasteiger partial charge on any atom is -0.489 e. The Kier molecular flexibility index (Phi) is 4.16. The number of benzene rings is 1. The number of nitrogens with zero attached hydrogens (tertiary/aromatic N) is 1. The van der Waals surface area contributed by atoms with E-state index in [2.05, 4.69) is 4.98 Å². The third kappa shape index (κ3) is 2.61. The first-order valence-corrected chi connectivity index (χ1v) is 7.61. The van der Waals surface area contributed by atoms with Gasteiger partial charge in [-0.25, -0.2) is 0 Å². The number of rotatable bonds is 4. The number of carbonyl (C=O) groups excluding carboxylic acids is 2. The second kappa shape index (κ2) is 6.26. The number of carbonyl (C=O) groups is 2. The first-order chi connectivity index (χ1) is 11.2. The Morgan fingerprint density at radius 1 is 0.913 bits per heavy atom. The van der Waals surface area contributed by atoms with Crippen LogP contribution in [0, 0.1) is 0 Å². The first kappa shape index (κ1) is 15.3. The maximum absolute atomic E-state index is 12.7. The fraction of sp³-hybridized carbons (Fsp3) is 0.118. The summed E-state index contributed by atoms with van der Waals surface area (Å²) in [6, 6.07) is 8.86. The average molecular weight is 327 g/mol. The lowest BCUT2D eigenvalue weighted by molar-refractivity contribution is 0.0826. The van der Waals surface area contributed by atoms with Gasteiger partial charge in [-0.3, -0.25) is 14.6 Å². The Labute approximate surface area is 137 Å². The number of hydrogen-bond donors (Lipinski definition) is 0. The quantitative estimate of drug-likeness (QED) is 0.859. The summed E-state index contributed by atoms with van der Waals surface area (Å²) in [5, 5.41) is 0. The molecule has 0 saturated heterocycles. The number of methoxy groups -OCH3 is 2. The zero-order chi connectivity index (χ0) is 16.4. The molecule has 1 aromatic carbocycles. The number of ether oxygens (including phenoxy) is 2. The van der Waals surface area contributed by atoms with Crippen molar-refractivity contribution in [3.63, 3.8) is 0 Å². The molecule has 1 aliphatic carbocycles. The molecule has 0 atom stereocenters. The molecule has 0 radical (unpaired) electrons. The highest BCUT2D eigenvalue weighted by Gasteiger charge is 2.36. The van der Waals surface area contributed by atoms with E-state index in [0.29, 0.717) is 16.0 Å². The Hall–Kier alpha value is -2.60. The number of allylic oxidation sites excluding steroid dienone is 2. The van der Waals surface area contributed by atoms with E-state index in [1.807, 2.05) is 12.1 Å². The Morgan fingerprint density at radius 3 is 2.22 bits per heavy atom. The number of aromatic nitrogens is 1. The molecule has 23 heavy (non-hydrogen) atoms. The topological polar surface area (TPSA) is 65.5 Å². The van der Waals surface area contributed by atoms with Gasteiger partial charge >= 0.3 is 0 Å². The number of Topliss-reactive ketones (excluding diaryl/α,β-unsaturated/α-hetero) is 2. The zero-order valence-electron chi connectivity index (χ0n) is 12.5. The summed E-state index contributed by atoms with van der Waals surface area (Å²) in [5.41, 5.74) is 0.670. The van der Waals surface area contributed by atoms with Crippen LogP contribution in [0.4, 0.5) is 0 Å². The molecule has 0 spiro atoms. The lowest BCUT2D eigenvalue weighted by atomic mass is 9.92. The van der Waals surface area contributed by atoms with Crippen LogP contribution in [-0.4, -0.2) is 30.8 Å². The summed E-state index contributed by atoms with van der Waals surface area (Å²) in [6.45, 7) is 0. The van der Waals surface area contributed by atoms with E-state index in [1.54, 1.807) is 30.6 Å². The SMILES string of the molecule is COC1=C(OC)C(=O)c2c(Sc3ccncc3)cccc2C1=O. The Balaban J connectivity index is 2.12. The molecule has 2 aromatic rings. The molecule has 1 aromatic heterocycles. The molecule has 0 aliphatic heterocycles. The van der Waals surface area contributed by atoms with Crippen molar-refractivity contribution in [3.8, 4) is 0 Å². The van der Waals surface area contributed by atoms with Crippen molar-refractivity contribution in [2.45, 2.75) is 9.79 Å². The van der Waals surface area contributed by atoms with Crippen LogP contribution in [0.15, 0.2) is 64.0 Å². The van der Waals surface area contributed by atoms with Gasteiger partial charge in [0.05, 0.1) is 19.8 Å². The molecule has 0 unspecified atom stereocenters. The highest BCUT2D eigenvalue weighted by Crippen LogP contribution is 2.36. The molecule has 5 nitrogen and oxygen atoms in total. The van der Waals surface area contributed by atoms with Crippen LogP contribution in [-0.2, 0) is 9.47 Å². The van der Waals surface area contributed by atoms with Gasteiger partial charge in [0.25, 0.3) is 0 Å². The second-order valence-corrected chi connectivity index (χ2v) is 5.80. The van der Waals surface area contributed by atoms with Gasteiger partial charge in [-0.2, -0.15) is 0 Å². The fourth-order valence-electron chi connectivity index (χ4n) is 2.39. The molecule has 1 aliphatic rings. The predicted molar refractivity (Wildman–Crippen MR) is 84.5 cm³/mol. The van der Waals surface area contributed by atoms with Crippen molar-refractivity contribution in [2.75, 3.05) is 14.2 Å². The molecular weight excluding hydrogens is 314 g/mol. The van der Waals surface area contributed by atoms with E-state index in [9.17, 15) is 9.59 Å². The van der Waals surface area contributed by atoms with Crippen LogP contribution in [0.1, 0.15) is 20.7 Å². The van der Waals surface area contributed by atoms with Crippen molar-refractivity contribution >= 4 is 23.3 Å². The zero-order valence-corrected chi connectivity index (χ0v) is 13.3. The minimum atomic E-state index is -0.351. The molecule has 0 amide bonds. The lowest BCUT2D eigenvalue weighted by Crippen LogP contribution is -2.24. The molecule has 0 bridgehead atoms. The predicted octanol–water partition coefficient (Wildman–Crippen LogP) is 3.12.